The second-order valence-electron chi connectivity index (χ2n) is 7.47. The summed E-state index contributed by atoms with van der Waals surface area (Å²) in [6, 6.07) is 17.0. The number of fused-ring (bicyclic) bond motifs is 1. The summed E-state index contributed by atoms with van der Waals surface area (Å²) in [5.74, 6) is 0.656. The highest BCUT2D eigenvalue weighted by Crippen LogP contribution is 2.38. The van der Waals surface area contributed by atoms with E-state index in [-0.39, 0.29) is 6.17 Å². The first kappa shape index (κ1) is 19.0. The maximum absolute atomic E-state index is 13.6. The lowest BCUT2D eigenvalue weighted by Gasteiger charge is -2.23. The molecule has 5 rings (SSSR count). The second-order valence-corrected chi connectivity index (χ2v) is 10.4. The van der Waals surface area contributed by atoms with Crippen LogP contribution in [0.5, 0.6) is 0 Å². The molecule has 0 spiro atoms. The number of nitrogens with one attached hydrogen (secondary N) is 4. The van der Waals surface area contributed by atoms with Crippen molar-refractivity contribution < 1.29 is 8.42 Å². The molecule has 1 aliphatic carbocycles. The predicted molar refractivity (Wildman–Crippen MR) is 115 cm³/mol. The Balaban J connectivity index is 1.47. The number of hydrazine groups is 3. The Kier molecular flexibility index (Phi) is 5.02. The Morgan fingerprint density at radius 2 is 1.72 bits per heavy atom. The quantitative estimate of drug-likeness (QED) is 0.462. The van der Waals surface area contributed by atoms with E-state index in [0.717, 1.165) is 27.1 Å². The van der Waals surface area contributed by atoms with E-state index in [0.29, 0.717) is 17.4 Å². The summed E-state index contributed by atoms with van der Waals surface area (Å²) in [7, 11) is -3.64. The van der Waals surface area contributed by atoms with Crippen molar-refractivity contribution in [1.29, 1.82) is 0 Å². The number of thiophene rings is 1. The van der Waals surface area contributed by atoms with E-state index in [1.807, 2.05) is 42.5 Å². The molecule has 29 heavy (non-hydrogen) atoms. The van der Waals surface area contributed by atoms with Crippen LogP contribution in [0.15, 0.2) is 59.5 Å². The zero-order valence-corrected chi connectivity index (χ0v) is 17.4. The van der Waals surface area contributed by atoms with E-state index in [4.69, 9.17) is 0 Å². The average Bonchev–Trinajstić information content (AvgIpc) is 3.22. The molecule has 1 aromatic heterocycles. The fourth-order valence-corrected chi connectivity index (χ4v) is 6.30. The number of sulfonamides is 1. The molecule has 7 nitrogen and oxygen atoms in total. The molecular weight excluding hydrogens is 406 g/mol. The summed E-state index contributed by atoms with van der Waals surface area (Å²) in [5, 5.41) is 1.86. The minimum absolute atomic E-state index is 0.125. The normalized spacial score (nSPS) is 17.8. The SMILES string of the molecule is O=S(=O)(c1ccc(C2NNNN2)cc1)N(CCC1CC1)c1cc2ccccc2s1. The molecule has 2 fully saturated rings. The Morgan fingerprint density at radius 1 is 1.00 bits per heavy atom. The van der Waals surface area contributed by atoms with E-state index >= 15 is 0 Å². The van der Waals surface area contributed by atoms with Crippen LogP contribution in [0.3, 0.4) is 0 Å². The molecule has 0 atom stereocenters. The standard InChI is InChI=1S/C20H23N5O2S2/c26-29(27,17-9-7-15(8-10-17)20-21-23-24-22-20)25(12-11-14-5-6-14)19-13-16-3-1-2-4-18(16)28-19/h1-4,7-10,13-14,20-24H,5-6,11-12H2. The van der Waals surface area contributed by atoms with E-state index in [1.54, 1.807) is 16.4 Å². The number of hydrogen-bond acceptors (Lipinski definition) is 7. The minimum atomic E-state index is -3.64. The van der Waals surface area contributed by atoms with Crippen molar-refractivity contribution in [2.24, 2.45) is 5.92 Å². The summed E-state index contributed by atoms with van der Waals surface area (Å²) in [5.41, 5.74) is 12.5. The number of anilines is 1. The first-order chi connectivity index (χ1) is 14.1. The lowest BCUT2D eigenvalue weighted by molar-refractivity contribution is 0.554. The molecule has 2 heterocycles. The molecule has 152 valence electrons. The predicted octanol–water partition coefficient (Wildman–Crippen LogP) is 3.01. The van der Waals surface area contributed by atoms with Gasteiger partial charge >= 0.3 is 0 Å². The van der Waals surface area contributed by atoms with E-state index in [9.17, 15) is 8.42 Å². The van der Waals surface area contributed by atoms with Crippen LogP contribution in [0.25, 0.3) is 10.1 Å². The van der Waals surface area contributed by atoms with Gasteiger partial charge in [0, 0.05) is 11.2 Å². The number of hydrogen-bond donors (Lipinski definition) is 4. The van der Waals surface area contributed by atoms with Crippen molar-refractivity contribution in [2.75, 3.05) is 10.8 Å². The summed E-state index contributed by atoms with van der Waals surface area (Å²) in [6.07, 6.45) is 3.19. The minimum Gasteiger partial charge on any atom is -0.257 e. The van der Waals surface area contributed by atoms with Crippen LogP contribution in [0.4, 0.5) is 5.00 Å². The maximum Gasteiger partial charge on any atom is 0.264 e. The summed E-state index contributed by atoms with van der Waals surface area (Å²) >= 11 is 1.53. The summed E-state index contributed by atoms with van der Waals surface area (Å²) in [6.45, 7) is 0.515. The van der Waals surface area contributed by atoms with Crippen LogP contribution in [0.2, 0.25) is 0 Å². The second kappa shape index (κ2) is 7.67. The Labute approximate surface area is 174 Å². The van der Waals surface area contributed by atoms with Gasteiger partial charge in [-0.25, -0.2) is 19.3 Å². The van der Waals surface area contributed by atoms with Crippen molar-refractivity contribution in [3.63, 3.8) is 0 Å². The van der Waals surface area contributed by atoms with Crippen LogP contribution in [0, 0.1) is 5.92 Å². The Morgan fingerprint density at radius 3 is 2.41 bits per heavy atom. The lowest BCUT2D eigenvalue weighted by Crippen LogP contribution is -2.33. The van der Waals surface area contributed by atoms with Crippen molar-refractivity contribution in [3.8, 4) is 0 Å². The molecule has 9 heteroatoms. The molecule has 3 aromatic rings. The highest BCUT2D eigenvalue weighted by Gasteiger charge is 2.30. The third kappa shape index (κ3) is 3.89. The Bertz CT molecular complexity index is 1070. The number of rotatable bonds is 7. The number of nitrogens with zero attached hydrogens (tertiary/aromatic N) is 1. The monoisotopic (exact) mass is 429 g/mol. The molecule has 0 radical (unpaired) electrons. The van der Waals surface area contributed by atoms with Crippen molar-refractivity contribution in [3.05, 3.63) is 60.2 Å². The van der Waals surface area contributed by atoms with Crippen molar-refractivity contribution in [1.82, 2.24) is 21.9 Å². The smallest absolute Gasteiger partial charge is 0.257 e. The van der Waals surface area contributed by atoms with Gasteiger partial charge in [-0.1, -0.05) is 43.2 Å². The molecule has 0 unspecified atom stereocenters. The van der Waals surface area contributed by atoms with Gasteiger partial charge in [-0.2, -0.15) is 11.1 Å². The third-order valence-electron chi connectivity index (χ3n) is 5.39. The van der Waals surface area contributed by atoms with E-state index < -0.39 is 10.0 Å². The van der Waals surface area contributed by atoms with E-state index in [1.165, 1.54) is 24.2 Å². The van der Waals surface area contributed by atoms with Crippen LogP contribution in [-0.4, -0.2) is 15.0 Å². The van der Waals surface area contributed by atoms with Crippen molar-refractivity contribution in [2.45, 2.75) is 30.3 Å². The molecule has 1 saturated carbocycles. The lowest BCUT2D eigenvalue weighted by atomic mass is 10.2. The summed E-state index contributed by atoms with van der Waals surface area (Å²) in [4.78, 5) is 0.313. The largest absolute Gasteiger partial charge is 0.264 e. The van der Waals surface area contributed by atoms with Gasteiger partial charge in [-0.15, -0.1) is 11.3 Å². The van der Waals surface area contributed by atoms with Crippen LogP contribution < -0.4 is 26.2 Å². The van der Waals surface area contributed by atoms with Crippen LogP contribution >= 0.6 is 11.3 Å². The van der Waals surface area contributed by atoms with Gasteiger partial charge in [0.15, 0.2) is 0 Å². The van der Waals surface area contributed by atoms with Crippen LogP contribution in [0.1, 0.15) is 31.0 Å². The Hall–Kier alpha value is -2.01. The molecule has 1 saturated heterocycles. The first-order valence-corrected chi connectivity index (χ1v) is 12.0. The number of benzene rings is 2. The fraction of sp³-hybridized carbons (Fsp3) is 0.300. The highest BCUT2D eigenvalue weighted by atomic mass is 32.2. The third-order valence-corrected chi connectivity index (χ3v) is 8.47. The van der Waals surface area contributed by atoms with E-state index in [2.05, 4.69) is 21.9 Å². The van der Waals surface area contributed by atoms with Gasteiger partial charge in [-0.3, -0.25) is 4.31 Å². The maximum atomic E-state index is 13.6. The van der Waals surface area contributed by atoms with Gasteiger partial charge in [0.05, 0.1) is 4.90 Å². The average molecular weight is 430 g/mol. The molecule has 1 aliphatic heterocycles. The van der Waals surface area contributed by atoms with Gasteiger partial charge in [0.25, 0.3) is 10.0 Å². The fourth-order valence-electron chi connectivity index (χ4n) is 3.52. The van der Waals surface area contributed by atoms with Gasteiger partial charge in [0.1, 0.15) is 11.2 Å². The molecule has 0 amide bonds. The highest BCUT2D eigenvalue weighted by molar-refractivity contribution is 7.93. The molecular formula is C20H23N5O2S2. The summed E-state index contributed by atoms with van der Waals surface area (Å²) < 4.78 is 29.8. The zero-order chi connectivity index (χ0) is 19.8. The van der Waals surface area contributed by atoms with Gasteiger partial charge < -0.3 is 0 Å². The topological polar surface area (TPSA) is 85.5 Å². The van der Waals surface area contributed by atoms with Gasteiger partial charge in [-0.05, 0) is 47.6 Å². The zero-order valence-electron chi connectivity index (χ0n) is 15.8. The van der Waals surface area contributed by atoms with Crippen molar-refractivity contribution >= 4 is 36.4 Å². The molecule has 4 N–H and O–H groups in total. The first-order valence-electron chi connectivity index (χ1n) is 9.73. The van der Waals surface area contributed by atoms with Crippen LogP contribution in [-0.2, 0) is 10.0 Å². The molecule has 2 aliphatic rings. The molecule has 2 aromatic carbocycles. The van der Waals surface area contributed by atoms with Gasteiger partial charge in [0.2, 0.25) is 0 Å². The molecule has 0 bridgehead atoms.